The van der Waals surface area contributed by atoms with E-state index in [2.05, 4.69) is 33.2 Å². The third-order valence-corrected chi connectivity index (χ3v) is 3.34. The van der Waals surface area contributed by atoms with Crippen LogP contribution >= 0.6 is 15.9 Å². The highest BCUT2D eigenvalue weighted by Gasteiger charge is 2.07. The fourth-order valence-corrected chi connectivity index (χ4v) is 2.37. The first-order valence-electron chi connectivity index (χ1n) is 5.91. The molecule has 1 atom stereocenters. The van der Waals surface area contributed by atoms with Gasteiger partial charge in [0.25, 0.3) is 5.56 Å². The zero-order valence-electron chi connectivity index (χ0n) is 10.5. The van der Waals surface area contributed by atoms with Crippen molar-refractivity contribution >= 4 is 26.8 Å². The number of halogens is 1. The van der Waals surface area contributed by atoms with Gasteiger partial charge < -0.3 is 5.32 Å². The first-order valence-corrected chi connectivity index (χ1v) is 6.70. The first-order chi connectivity index (χ1) is 8.61. The van der Waals surface area contributed by atoms with E-state index in [-0.39, 0.29) is 5.56 Å². The van der Waals surface area contributed by atoms with E-state index in [9.17, 15) is 4.79 Å². The molecule has 2 aromatic rings. The standard InChI is InChI=1S/C13H16BrN3O/c1-9(6-15-2)7-17-8-16-12-4-3-10(14)5-11(12)13(17)18/h3-5,8-9,15H,6-7H2,1-2H3. The zero-order chi connectivity index (χ0) is 13.1. The van der Waals surface area contributed by atoms with Gasteiger partial charge in [0, 0.05) is 11.0 Å². The van der Waals surface area contributed by atoms with E-state index in [1.54, 1.807) is 10.9 Å². The highest BCUT2D eigenvalue weighted by atomic mass is 79.9. The predicted molar refractivity (Wildman–Crippen MR) is 76.8 cm³/mol. The minimum Gasteiger partial charge on any atom is -0.319 e. The molecule has 0 aliphatic carbocycles. The minimum atomic E-state index is 0.0178. The van der Waals surface area contributed by atoms with Gasteiger partial charge in [-0.15, -0.1) is 0 Å². The van der Waals surface area contributed by atoms with Gasteiger partial charge in [-0.05, 0) is 37.7 Å². The van der Waals surface area contributed by atoms with Gasteiger partial charge >= 0.3 is 0 Å². The number of fused-ring (bicyclic) bond motifs is 1. The van der Waals surface area contributed by atoms with Crippen molar-refractivity contribution in [2.24, 2.45) is 5.92 Å². The average Bonchev–Trinajstić information content (AvgIpc) is 2.34. The van der Waals surface area contributed by atoms with Crippen LogP contribution in [0.4, 0.5) is 0 Å². The fourth-order valence-electron chi connectivity index (χ4n) is 2.01. The topological polar surface area (TPSA) is 46.9 Å². The molecule has 18 heavy (non-hydrogen) atoms. The monoisotopic (exact) mass is 309 g/mol. The molecule has 0 aliphatic heterocycles. The fraction of sp³-hybridized carbons (Fsp3) is 0.385. The maximum absolute atomic E-state index is 12.3. The Labute approximate surface area is 114 Å². The lowest BCUT2D eigenvalue weighted by Crippen LogP contribution is -2.27. The molecule has 96 valence electrons. The number of benzene rings is 1. The van der Waals surface area contributed by atoms with Crippen molar-refractivity contribution in [3.63, 3.8) is 0 Å². The highest BCUT2D eigenvalue weighted by Crippen LogP contribution is 2.14. The second-order valence-electron chi connectivity index (χ2n) is 4.53. The third kappa shape index (κ3) is 2.79. The van der Waals surface area contributed by atoms with Crippen molar-refractivity contribution in [3.05, 3.63) is 39.4 Å². The molecule has 0 bridgehead atoms. The summed E-state index contributed by atoms with van der Waals surface area (Å²) in [6.07, 6.45) is 1.63. The predicted octanol–water partition coefficient (Wildman–Crippen LogP) is 2.01. The second-order valence-corrected chi connectivity index (χ2v) is 5.44. The maximum atomic E-state index is 12.3. The Morgan fingerprint density at radius 3 is 3.00 bits per heavy atom. The van der Waals surface area contributed by atoms with Crippen molar-refractivity contribution in [1.29, 1.82) is 0 Å². The molecule has 1 aromatic heterocycles. The Kier molecular flexibility index (Phi) is 4.14. The SMILES string of the molecule is CNCC(C)Cn1cnc2ccc(Br)cc2c1=O. The van der Waals surface area contributed by atoms with Gasteiger partial charge in [0.1, 0.15) is 0 Å². The molecule has 2 rings (SSSR count). The largest absolute Gasteiger partial charge is 0.319 e. The maximum Gasteiger partial charge on any atom is 0.261 e. The lowest BCUT2D eigenvalue weighted by atomic mass is 10.2. The quantitative estimate of drug-likeness (QED) is 0.940. The van der Waals surface area contributed by atoms with Crippen LogP contribution in [-0.2, 0) is 6.54 Å². The summed E-state index contributed by atoms with van der Waals surface area (Å²) in [5, 5.41) is 3.77. The van der Waals surface area contributed by atoms with Crippen LogP contribution in [0.5, 0.6) is 0 Å². The van der Waals surface area contributed by atoms with Gasteiger partial charge in [0.15, 0.2) is 0 Å². The van der Waals surface area contributed by atoms with E-state index in [0.29, 0.717) is 17.8 Å². The molecule has 1 aromatic carbocycles. The van der Waals surface area contributed by atoms with E-state index < -0.39 is 0 Å². The smallest absolute Gasteiger partial charge is 0.261 e. The molecule has 1 unspecified atom stereocenters. The van der Waals surface area contributed by atoms with Gasteiger partial charge in [0.05, 0.1) is 17.2 Å². The first kappa shape index (κ1) is 13.2. The summed E-state index contributed by atoms with van der Waals surface area (Å²) in [6, 6.07) is 5.56. The summed E-state index contributed by atoms with van der Waals surface area (Å²) in [7, 11) is 1.91. The molecule has 0 saturated carbocycles. The van der Waals surface area contributed by atoms with Crippen LogP contribution in [0, 0.1) is 5.92 Å². The van der Waals surface area contributed by atoms with Crippen molar-refractivity contribution in [1.82, 2.24) is 14.9 Å². The second kappa shape index (κ2) is 5.63. The summed E-state index contributed by atoms with van der Waals surface area (Å²) in [5.41, 5.74) is 0.755. The molecule has 0 amide bonds. The van der Waals surface area contributed by atoms with Crippen molar-refractivity contribution in [2.45, 2.75) is 13.5 Å². The lowest BCUT2D eigenvalue weighted by molar-refractivity contribution is 0.453. The summed E-state index contributed by atoms with van der Waals surface area (Å²) >= 11 is 3.38. The van der Waals surface area contributed by atoms with Crippen LogP contribution in [0.15, 0.2) is 33.8 Å². The summed E-state index contributed by atoms with van der Waals surface area (Å²) in [4.78, 5) is 16.6. The lowest BCUT2D eigenvalue weighted by Gasteiger charge is -2.12. The van der Waals surface area contributed by atoms with Crippen LogP contribution in [-0.4, -0.2) is 23.1 Å². The molecule has 5 heteroatoms. The van der Waals surface area contributed by atoms with Crippen LogP contribution in [0.25, 0.3) is 10.9 Å². The van der Waals surface area contributed by atoms with E-state index >= 15 is 0 Å². The van der Waals surface area contributed by atoms with Gasteiger partial charge in [0.2, 0.25) is 0 Å². The van der Waals surface area contributed by atoms with E-state index in [1.807, 2.05) is 25.2 Å². The summed E-state index contributed by atoms with van der Waals surface area (Å²) in [5.74, 6) is 0.388. The van der Waals surface area contributed by atoms with Gasteiger partial charge in [-0.3, -0.25) is 9.36 Å². The average molecular weight is 310 g/mol. The van der Waals surface area contributed by atoms with Crippen LogP contribution < -0.4 is 10.9 Å². The highest BCUT2D eigenvalue weighted by molar-refractivity contribution is 9.10. The van der Waals surface area contributed by atoms with Crippen LogP contribution in [0.2, 0.25) is 0 Å². The molecule has 4 nitrogen and oxygen atoms in total. The number of nitrogens with one attached hydrogen (secondary N) is 1. The third-order valence-electron chi connectivity index (χ3n) is 2.85. The van der Waals surface area contributed by atoms with E-state index in [4.69, 9.17) is 0 Å². The Balaban J connectivity index is 2.41. The van der Waals surface area contributed by atoms with Crippen molar-refractivity contribution in [3.8, 4) is 0 Å². The Morgan fingerprint density at radius 1 is 1.50 bits per heavy atom. The number of rotatable bonds is 4. The van der Waals surface area contributed by atoms with Crippen LogP contribution in [0.3, 0.4) is 0 Å². The van der Waals surface area contributed by atoms with E-state index in [0.717, 1.165) is 16.5 Å². The molecule has 1 N–H and O–H groups in total. The Bertz CT molecular complexity index is 609. The molecule has 0 radical (unpaired) electrons. The Morgan fingerprint density at radius 2 is 2.28 bits per heavy atom. The van der Waals surface area contributed by atoms with Gasteiger partial charge in [-0.2, -0.15) is 0 Å². The van der Waals surface area contributed by atoms with Gasteiger partial charge in [-0.25, -0.2) is 4.98 Å². The minimum absolute atomic E-state index is 0.0178. The summed E-state index contributed by atoms with van der Waals surface area (Å²) in [6.45, 7) is 3.66. The van der Waals surface area contributed by atoms with Crippen molar-refractivity contribution in [2.75, 3.05) is 13.6 Å². The Hall–Kier alpha value is -1.20. The molecular formula is C13H16BrN3O. The number of aromatic nitrogens is 2. The molecule has 0 spiro atoms. The summed E-state index contributed by atoms with van der Waals surface area (Å²) < 4.78 is 2.58. The van der Waals surface area contributed by atoms with Crippen molar-refractivity contribution < 1.29 is 0 Å². The van der Waals surface area contributed by atoms with Crippen LogP contribution in [0.1, 0.15) is 6.92 Å². The van der Waals surface area contributed by atoms with Gasteiger partial charge in [-0.1, -0.05) is 22.9 Å². The number of nitrogens with zero attached hydrogens (tertiary/aromatic N) is 2. The number of hydrogen-bond donors (Lipinski definition) is 1. The number of hydrogen-bond acceptors (Lipinski definition) is 3. The molecule has 0 fully saturated rings. The zero-order valence-corrected chi connectivity index (χ0v) is 12.1. The molecule has 0 aliphatic rings. The van der Waals surface area contributed by atoms with E-state index in [1.165, 1.54) is 0 Å². The molecular weight excluding hydrogens is 294 g/mol. The normalized spacial score (nSPS) is 12.8. The molecule has 0 saturated heterocycles. The molecule has 1 heterocycles.